The van der Waals surface area contributed by atoms with Gasteiger partial charge in [0.2, 0.25) is 0 Å². The zero-order chi connectivity index (χ0) is 14.2. The van der Waals surface area contributed by atoms with Crippen molar-refractivity contribution >= 4 is 10.8 Å². The zero-order valence-electron chi connectivity index (χ0n) is 12.4. The molecule has 0 N–H and O–H groups in total. The average molecular weight is 260 g/mol. The fourth-order valence-electron chi connectivity index (χ4n) is 2.63. The quantitative estimate of drug-likeness (QED) is 0.518. The lowest BCUT2D eigenvalue weighted by Gasteiger charge is -2.19. The molecular weight excluding hydrogens is 240 g/mol. The Kier molecular flexibility index (Phi) is 3.10. The van der Waals surface area contributed by atoms with Crippen molar-refractivity contribution in [1.29, 1.82) is 0 Å². The SMILES string of the molecule is CC(C)(C)c1ccc(-c2cccc3ccccc23)cc1. The molecule has 0 saturated heterocycles. The van der Waals surface area contributed by atoms with Crippen LogP contribution in [0.4, 0.5) is 0 Å². The van der Waals surface area contributed by atoms with Gasteiger partial charge in [-0.05, 0) is 32.9 Å². The van der Waals surface area contributed by atoms with E-state index in [0.717, 1.165) is 0 Å². The molecule has 0 saturated carbocycles. The predicted molar refractivity (Wildman–Crippen MR) is 88.1 cm³/mol. The number of hydrogen-bond acceptors (Lipinski definition) is 0. The smallest absolute Gasteiger partial charge is 0.0105 e. The molecule has 3 aromatic carbocycles. The van der Waals surface area contributed by atoms with Crippen molar-refractivity contribution < 1.29 is 0 Å². The van der Waals surface area contributed by atoms with Crippen LogP contribution < -0.4 is 0 Å². The van der Waals surface area contributed by atoms with Crippen molar-refractivity contribution in [1.82, 2.24) is 0 Å². The Morgan fingerprint density at radius 3 is 2.00 bits per heavy atom. The van der Waals surface area contributed by atoms with Gasteiger partial charge in [0.1, 0.15) is 0 Å². The van der Waals surface area contributed by atoms with Gasteiger partial charge in [-0.15, -0.1) is 0 Å². The second-order valence-electron chi connectivity index (χ2n) is 6.35. The van der Waals surface area contributed by atoms with Crippen molar-refractivity contribution in [2.75, 3.05) is 0 Å². The van der Waals surface area contributed by atoms with Crippen LogP contribution in [0.5, 0.6) is 0 Å². The lowest BCUT2D eigenvalue weighted by molar-refractivity contribution is 0.590. The van der Waals surface area contributed by atoms with Crippen molar-refractivity contribution in [3.8, 4) is 11.1 Å². The highest BCUT2D eigenvalue weighted by molar-refractivity contribution is 5.96. The molecule has 0 spiro atoms. The van der Waals surface area contributed by atoms with Crippen LogP contribution in [0, 0.1) is 0 Å². The Hall–Kier alpha value is -2.08. The minimum Gasteiger partial charge on any atom is -0.0616 e. The molecule has 0 bridgehead atoms. The number of benzene rings is 3. The monoisotopic (exact) mass is 260 g/mol. The van der Waals surface area contributed by atoms with Crippen LogP contribution >= 0.6 is 0 Å². The van der Waals surface area contributed by atoms with E-state index < -0.39 is 0 Å². The van der Waals surface area contributed by atoms with Crippen LogP contribution in [0.1, 0.15) is 26.3 Å². The van der Waals surface area contributed by atoms with E-state index in [9.17, 15) is 0 Å². The summed E-state index contributed by atoms with van der Waals surface area (Å²) in [6.45, 7) is 6.75. The predicted octanol–water partition coefficient (Wildman–Crippen LogP) is 5.80. The molecule has 0 unspecified atom stereocenters. The van der Waals surface area contributed by atoms with Gasteiger partial charge in [0, 0.05) is 0 Å². The standard InChI is InChI=1S/C20H20/c1-20(2,3)17-13-11-16(12-14-17)19-10-6-8-15-7-4-5-9-18(15)19/h4-14H,1-3H3. The van der Waals surface area contributed by atoms with E-state index in [1.54, 1.807) is 0 Å². The van der Waals surface area contributed by atoms with Gasteiger partial charge < -0.3 is 0 Å². The summed E-state index contributed by atoms with van der Waals surface area (Å²) in [7, 11) is 0. The van der Waals surface area contributed by atoms with Crippen molar-refractivity contribution in [2.24, 2.45) is 0 Å². The molecule has 0 aromatic heterocycles. The first-order valence-corrected chi connectivity index (χ1v) is 7.14. The molecular formula is C20H20. The first kappa shape index (κ1) is 12.9. The molecule has 3 aromatic rings. The molecule has 0 nitrogen and oxygen atoms in total. The highest BCUT2D eigenvalue weighted by Gasteiger charge is 2.13. The maximum atomic E-state index is 2.25. The molecule has 0 radical (unpaired) electrons. The van der Waals surface area contributed by atoms with E-state index >= 15 is 0 Å². The first-order valence-electron chi connectivity index (χ1n) is 7.14. The lowest BCUT2D eigenvalue weighted by Crippen LogP contribution is -2.10. The third-order valence-corrected chi connectivity index (χ3v) is 3.85. The normalized spacial score (nSPS) is 11.8. The molecule has 20 heavy (non-hydrogen) atoms. The van der Waals surface area contributed by atoms with E-state index in [1.165, 1.54) is 27.5 Å². The van der Waals surface area contributed by atoms with E-state index in [4.69, 9.17) is 0 Å². The first-order chi connectivity index (χ1) is 9.55. The third kappa shape index (κ3) is 2.34. The molecule has 0 heterocycles. The summed E-state index contributed by atoms with van der Waals surface area (Å²) >= 11 is 0. The second kappa shape index (κ2) is 4.79. The minimum atomic E-state index is 0.206. The summed E-state index contributed by atoms with van der Waals surface area (Å²) < 4.78 is 0. The molecule has 100 valence electrons. The molecule has 0 aliphatic carbocycles. The largest absolute Gasteiger partial charge is 0.0616 e. The summed E-state index contributed by atoms with van der Waals surface area (Å²) in [6.07, 6.45) is 0. The molecule has 0 heteroatoms. The van der Waals surface area contributed by atoms with Crippen LogP contribution in [-0.4, -0.2) is 0 Å². The Bertz CT molecular complexity index is 723. The van der Waals surface area contributed by atoms with Gasteiger partial charge in [0.25, 0.3) is 0 Å². The van der Waals surface area contributed by atoms with E-state index in [-0.39, 0.29) is 5.41 Å². The Balaban J connectivity index is 2.12. The van der Waals surface area contributed by atoms with E-state index in [1.807, 2.05) is 0 Å². The Morgan fingerprint density at radius 1 is 0.650 bits per heavy atom. The van der Waals surface area contributed by atoms with Crippen LogP contribution in [-0.2, 0) is 5.41 Å². The Morgan fingerprint density at radius 2 is 1.30 bits per heavy atom. The number of hydrogen-bond donors (Lipinski definition) is 0. The fraction of sp³-hybridized carbons (Fsp3) is 0.200. The summed E-state index contributed by atoms with van der Waals surface area (Å²) in [5, 5.41) is 2.61. The van der Waals surface area contributed by atoms with Crippen molar-refractivity contribution in [2.45, 2.75) is 26.2 Å². The molecule has 3 rings (SSSR count). The highest BCUT2D eigenvalue weighted by atomic mass is 14.2. The van der Waals surface area contributed by atoms with Gasteiger partial charge in [0.05, 0.1) is 0 Å². The highest BCUT2D eigenvalue weighted by Crippen LogP contribution is 2.30. The summed E-state index contributed by atoms with van der Waals surface area (Å²) in [4.78, 5) is 0. The summed E-state index contributed by atoms with van der Waals surface area (Å²) in [5.74, 6) is 0. The summed E-state index contributed by atoms with van der Waals surface area (Å²) in [5.41, 5.74) is 4.18. The van der Waals surface area contributed by atoms with Gasteiger partial charge in [-0.3, -0.25) is 0 Å². The molecule has 0 atom stereocenters. The van der Waals surface area contributed by atoms with E-state index in [2.05, 4.69) is 87.5 Å². The van der Waals surface area contributed by atoms with Crippen LogP contribution in [0.2, 0.25) is 0 Å². The maximum absolute atomic E-state index is 2.25. The fourth-order valence-corrected chi connectivity index (χ4v) is 2.63. The van der Waals surface area contributed by atoms with Crippen LogP contribution in [0.15, 0.2) is 66.7 Å². The number of rotatable bonds is 1. The van der Waals surface area contributed by atoms with E-state index in [0.29, 0.717) is 0 Å². The van der Waals surface area contributed by atoms with Gasteiger partial charge in [-0.1, -0.05) is 87.5 Å². The lowest BCUT2D eigenvalue weighted by atomic mass is 9.86. The van der Waals surface area contributed by atoms with Crippen molar-refractivity contribution in [3.63, 3.8) is 0 Å². The zero-order valence-corrected chi connectivity index (χ0v) is 12.4. The third-order valence-electron chi connectivity index (χ3n) is 3.85. The molecule has 0 amide bonds. The van der Waals surface area contributed by atoms with Crippen LogP contribution in [0.25, 0.3) is 21.9 Å². The summed E-state index contributed by atoms with van der Waals surface area (Å²) in [6, 6.07) is 24.0. The minimum absolute atomic E-state index is 0.206. The van der Waals surface area contributed by atoms with Crippen molar-refractivity contribution in [3.05, 3.63) is 72.3 Å². The molecule has 0 fully saturated rings. The van der Waals surface area contributed by atoms with Crippen LogP contribution in [0.3, 0.4) is 0 Å². The Labute approximate surface area is 121 Å². The van der Waals surface area contributed by atoms with Gasteiger partial charge in [-0.25, -0.2) is 0 Å². The second-order valence-corrected chi connectivity index (χ2v) is 6.35. The molecule has 0 aliphatic heterocycles. The maximum Gasteiger partial charge on any atom is -0.0105 e. The van der Waals surface area contributed by atoms with Gasteiger partial charge in [0.15, 0.2) is 0 Å². The van der Waals surface area contributed by atoms with Gasteiger partial charge >= 0.3 is 0 Å². The topological polar surface area (TPSA) is 0 Å². The van der Waals surface area contributed by atoms with Gasteiger partial charge in [-0.2, -0.15) is 0 Å². The number of fused-ring (bicyclic) bond motifs is 1. The molecule has 0 aliphatic rings. The average Bonchev–Trinajstić information content (AvgIpc) is 2.46.